The molecule has 1 atom stereocenters. The molecule has 3 N–H and O–H groups in total. The largest absolute Gasteiger partial charge is 0.465 e. The summed E-state index contributed by atoms with van der Waals surface area (Å²) in [6, 6.07) is 9.69. The minimum Gasteiger partial charge on any atom is -0.465 e. The van der Waals surface area contributed by atoms with Gasteiger partial charge in [-0.2, -0.15) is 10.1 Å². The zero-order valence-corrected chi connectivity index (χ0v) is 23.1. The molecule has 0 radical (unpaired) electrons. The van der Waals surface area contributed by atoms with Crippen molar-refractivity contribution >= 4 is 46.2 Å². The van der Waals surface area contributed by atoms with Gasteiger partial charge in [0.2, 0.25) is 5.95 Å². The van der Waals surface area contributed by atoms with E-state index in [1.54, 1.807) is 10.9 Å². The number of amides is 1. The summed E-state index contributed by atoms with van der Waals surface area (Å²) in [6.45, 7) is 11.8. The number of nitrogens with one attached hydrogen (secondary N) is 2. The van der Waals surface area contributed by atoms with Crippen LogP contribution < -0.4 is 15.5 Å². The number of benzene rings is 1. The SMILES string of the molecule is Cc1cccc(C)c1Nc1nn(C)c2nc(Nc3ccc(N4CCN(C(=O)O)C(C(C)(C)C)C4)nn3)ncc12. The van der Waals surface area contributed by atoms with Crippen molar-refractivity contribution in [2.75, 3.05) is 35.2 Å². The van der Waals surface area contributed by atoms with Crippen LogP contribution in [0.1, 0.15) is 31.9 Å². The van der Waals surface area contributed by atoms with Crippen molar-refractivity contribution in [1.82, 2.24) is 34.8 Å². The Hall–Kier alpha value is -4.48. The number of aromatic nitrogens is 6. The quantitative estimate of drug-likeness (QED) is 0.339. The number of nitrogens with zero attached hydrogens (tertiary/aromatic N) is 8. The third-order valence-corrected chi connectivity index (χ3v) is 7.14. The molecule has 1 amide bonds. The van der Waals surface area contributed by atoms with Gasteiger partial charge in [-0.05, 0) is 42.5 Å². The van der Waals surface area contributed by atoms with Gasteiger partial charge in [0.25, 0.3) is 0 Å². The summed E-state index contributed by atoms with van der Waals surface area (Å²) in [7, 11) is 1.85. The summed E-state index contributed by atoms with van der Waals surface area (Å²) in [5.74, 6) is 2.28. The Morgan fingerprint density at radius 2 is 1.79 bits per heavy atom. The third-order valence-electron chi connectivity index (χ3n) is 7.14. The minimum absolute atomic E-state index is 0.156. The van der Waals surface area contributed by atoms with Gasteiger partial charge in [0.1, 0.15) is 0 Å². The second kappa shape index (κ2) is 10.0. The smallest absolute Gasteiger partial charge is 0.407 e. The van der Waals surface area contributed by atoms with E-state index in [9.17, 15) is 9.90 Å². The van der Waals surface area contributed by atoms with Crippen LogP contribution in [0.2, 0.25) is 0 Å². The predicted molar refractivity (Wildman–Crippen MR) is 151 cm³/mol. The van der Waals surface area contributed by atoms with Crippen molar-refractivity contribution in [1.29, 1.82) is 0 Å². The van der Waals surface area contributed by atoms with Crippen molar-refractivity contribution in [3.63, 3.8) is 0 Å². The normalized spacial score (nSPS) is 16.0. The maximum atomic E-state index is 11.7. The Morgan fingerprint density at radius 3 is 2.44 bits per heavy atom. The number of rotatable bonds is 5. The highest BCUT2D eigenvalue weighted by molar-refractivity contribution is 5.90. The Bertz CT molecular complexity index is 1490. The second-order valence-corrected chi connectivity index (χ2v) is 11.0. The zero-order valence-electron chi connectivity index (χ0n) is 23.1. The molecule has 39 heavy (non-hydrogen) atoms. The van der Waals surface area contributed by atoms with Crippen LogP contribution >= 0.6 is 0 Å². The number of carboxylic acid groups (broad SMARTS) is 1. The van der Waals surface area contributed by atoms with E-state index in [0.29, 0.717) is 48.7 Å². The van der Waals surface area contributed by atoms with Gasteiger partial charge in [0.15, 0.2) is 23.1 Å². The summed E-state index contributed by atoms with van der Waals surface area (Å²) in [6.07, 6.45) is 0.850. The molecular formula is C27H34N10O2. The number of piperazine rings is 1. The molecule has 12 heteroatoms. The van der Waals surface area contributed by atoms with E-state index < -0.39 is 6.09 Å². The highest BCUT2D eigenvalue weighted by Gasteiger charge is 2.38. The van der Waals surface area contributed by atoms with Crippen molar-refractivity contribution in [3.05, 3.63) is 47.7 Å². The summed E-state index contributed by atoms with van der Waals surface area (Å²) < 4.78 is 1.72. The lowest BCUT2D eigenvalue weighted by atomic mass is 9.84. The molecule has 4 aromatic rings. The molecule has 0 aliphatic carbocycles. The predicted octanol–water partition coefficient (Wildman–Crippen LogP) is 4.47. The fourth-order valence-corrected chi connectivity index (χ4v) is 4.96. The molecule has 1 unspecified atom stereocenters. The molecule has 204 valence electrons. The highest BCUT2D eigenvalue weighted by atomic mass is 16.4. The molecule has 0 bridgehead atoms. The van der Waals surface area contributed by atoms with E-state index in [1.807, 2.05) is 25.2 Å². The molecule has 1 aliphatic heterocycles. The van der Waals surface area contributed by atoms with Crippen LogP contribution in [0.5, 0.6) is 0 Å². The van der Waals surface area contributed by atoms with Crippen LogP contribution in [-0.4, -0.2) is 71.7 Å². The third kappa shape index (κ3) is 5.27. The summed E-state index contributed by atoms with van der Waals surface area (Å²) >= 11 is 0. The van der Waals surface area contributed by atoms with Gasteiger partial charge in [0.05, 0.1) is 11.4 Å². The van der Waals surface area contributed by atoms with Gasteiger partial charge in [-0.1, -0.05) is 39.0 Å². The zero-order chi connectivity index (χ0) is 27.9. The van der Waals surface area contributed by atoms with Gasteiger partial charge in [-0.3, -0.25) is 0 Å². The molecule has 3 aromatic heterocycles. The number of para-hydroxylation sites is 1. The monoisotopic (exact) mass is 530 g/mol. The van der Waals surface area contributed by atoms with Crippen LogP contribution in [0.3, 0.4) is 0 Å². The molecule has 5 rings (SSSR count). The topological polar surface area (TPSA) is 137 Å². The lowest BCUT2D eigenvalue weighted by Crippen LogP contribution is -2.59. The number of carbonyl (C=O) groups is 1. The molecular weight excluding hydrogens is 496 g/mol. The van der Waals surface area contributed by atoms with Crippen LogP contribution in [0.15, 0.2) is 36.5 Å². The average Bonchev–Trinajstić information content (AvgIpc) is 3.20. The highest BCUT2D eigenvalue weighted by Crippen LogP contribution is 2.31. The van der Waals surface area contributed by atoms with Crippen molar-refractivity contribution in [3.8, 4) is 0 Å². The number of aryl methyl sites for hydroxylation is 3. The lowest BCUT2D eigenvalue weighted by molar-refractivity contribution is 0.0746. The van der Waals surface area contributed by atoms with Crippen LogP contribution in [0.4, 0.5) is 33.9 Å². The van der Waals surface area contributed by atoms with Crippen LogP contribution in [0.25, 0.3) is 11.0 Å². The summed E-state index contributed by atoms with van der Waals surface area (Å²) in [4.78, 5) is 24.5. The lowest BCUT2D eigenvalue weighted by Gasteiger charge is -2.46. The Morgan fingerprint density at radius 1 is 1.05 bits per heavy atom. The van der Waals surface area contributed by atoms with Crippen molar-refractivity contribution in [2.45, 2.75) is 40.7 Å². The number of anilines is 5. The first kappa shape index (κ1) is 26.1. The minimum atomic E-state index is -0.890. The molecule has 1 fully saturated rings. The van der Waals surface area contributed by atoms with Crippen molar-refractivity contribution < 1.29 is 9.90 Å². The summed E-state index contributed by atoms with van der Waals surface area (Å²) in [5, 5.41) is 30.3. The first-order valence-electron chi connectivity index (χ1n) is 12.9. The van der Waals surface area contributed by atoms with E-state index in [1.165, 1.54) is 4.90 Å². The molecule has 1 aliphatic rings. The molecule has 4 heterocycles. The summed E-state index contributed by atoms with van der Waals surface area (Å²) in [5.41, 5.74) is 3.76. The maximum absolute atomic E-state index is 11.7. The number of fused-ring (bicyclic) bond motifs is 1. The van der Waals surface area contributed by atoms with Gasteiger partial charge in [-0.25, -0.2) is 14.5 Å². The number of hydrogen-bond donors (Lipinski definition) is 3. The first-order chi connectivity index (χ1) is 18.5. The Labute approximate surface area is 227 Å². The molecule has 12 nitrogen and oxygen atoms in total. The average molecular weight is 531 g/mol. The van der Waals surface area contributed by atoms with Gasteiger partial charge < -0.3 is 25.5 Å². The Balaban J connectivity index is 1.31. The first-order valence-corrected chi connectivity index (χ1v) is 12.9. The maximum Gasteiger partial charge on any atom is 0.407 e. The number of hydrogen-bond acceptors (Lipinski definition) is 9. The molecule has 0 spiro atoms. The van der Waals surface area contributed by atoms with E-state index in [0.717, 1.165) is 22.2 Å². The van der Waals surface area contributed by atoms with Gasteiger partial charge >= 0.3 is 6.09 Å². The van der Waals surface area contributed by atoms with E-state index in [-0.39, 0.29) is 11.5 Å². The Kier molecular flexibility index (Phi) is 6.71. The van der Waals surface area contributed by atoms with E-state index in [2.05, 4.69) is 87.5 Å². The van der Waals surface area contributed by atoms with Crippen LogP contribution in [-0.2, 0) is 7.05 Å². The standard InChI is InChI=1S/C27H34N10O2/c1-16-8-7-9-17(2)22(16)30-23-18-14-28-25(31-24(18)35(6)34-23)29-20-10-11-21(33-32-20)36-12-13-37(26(38)39)19(15-36)27(3,4)5/h7-11,14,19H,12-13,15H2,1-6H3,(H,30,34)(H,38,39)(H,28,29,31,32). The second-order valence-electron chi connectivity index (χ2n) is 11.0. The van der Waals surface area contributed by atoms with E-state index >= 15 is 0 Å². The molecule has 1 aromatic carbocycles. The van der Waals surface area contributed by atoms with Crippen molar-refractivity contribution in [2.24, 2.45) is 12.5 Å². The fraction of sp³-hybridized carbons (Fsp3) is 0.407. The molecule has 0 saturated carbocycles. The van der Waals surface area contributed by atoms with Crippen LogP contribution in [0, 0.1) is 19.3 Å². The van der Waals surface area contributed by atoms with Gasteiger partial charge in [0, 0.05) is 38.6 Å². The fourth-order valence-electron chi connectivity index (χ4n) is 4.96. The molecule has 1 saturated heterocycles. The van der Waals surface area contributed by atoms with E-state index in [4.69, 9.17) is 0 Å². The van der Waals surface area contributed by atoms with Gasteiger partial charge in [-0.15, -0.1) is 10.2 Å².